The van der Waals surface area contributed by atoms with Gasteiger partial charge >= 0.3 is 12.1 Å². The molecule has 1 amide bonds. The summed E-state index contributed by atoms with van der Waals surface area (Å²) in [6, 6.07) is 5.78. The van der Waals surface area contributed by atoms with Crippen molar-refractivity contribution < 1.29 is 19.1 Å². The van der Waals surface area contributed by atoms with Gasteiger partial charge in [-0.2, -0.15) is 5.26 Å². The van der Waals surface area contributed by atoms with Gasteiger partial charge in [-0.1, -0.05) is 6.07 Å². The first-order valence-corrected chi connectivity index (χ1v) is 7.02. The molecule has 1 aromatic carbocycles. The Bertz CT molecular complexity index is 629. The van der Waals surface area contributed by atoms with E-state index in [2.05, 4.69) is 5.32 Å². The number of carbonyl (C=O) groups excluding carboxylic acids is 2. The van der Waals surface area contributed by atoms with E-state index in [-0.39, 0.29) is 6.42 Å². The molecule has 7 heteroatoms. The van der Waals surface area contributed by atoms with Crippen molar-refractivity contribution >= 4 is 17.7 Å². The number of nitrogens with one attached hydrogen (secondary N) is 1. The van der Waals surface area contributed by atoms with Gasteiger partial charge in [-0.3, -0.25) is 0 Å². The molecule has 0 fully saturated rings. The minimum atomic E-state index is -0.940. The van der Waals surface area contributed by atoms with E-state index in [1.807, 2.05) is 6.07 Å². The molecule has 1 atom stereocenters. The molecule has 1 aromatic rings. The standard InChI is InChI=1S/C16H21N3O4/c1-16(2,3)23-15(21)19-13(14(20)22-4)8-11-6-5-10(9-17)7-12(11)18/h5-7,13H,8,18H2,1-4H3,(H,19,21)/t13-/m1/s1. The minimum Gasteiger partial charge on any atom is -0.467 e. The third-order valence-corrected chi connectivity index (χ3v) is 2.88. The number of ether oxygens (including phenoxy) is 2. The van der Waals surface area contributed by atoms with Crippen molar-refractivity contribution in [2.24, 2.45) is 0 Å². The van der Waals surface area contributed by atoms with Crippen molar-refractivity contribution in [3.05, 3.63) is 29.3 Å². The van der Waals surface area contributed by atoms with E-state index in [0.29, 0.717) is 16.8 Å². The molecule has 23 heavy (non-hydrogen) atoms. The molecule has 7 nitrogen and oxygen atoms in total. The molecule has 1 rings (SSSR count). The normalized spacial score (nSPS) is 12.0. The Morgan fingerprint density at radius 3 is 2.52 bits per heavy atom. The van der Waals surface area contributed by atoms with Crippen molar-refractivity contribution in [3.8, 4) is 6.07 Å². The number of hydrogen-bond acceptors (Lipinski definition) is 6. The van der Waals surface area contributed by atoms with Crippen LogP contribution in [0.2, 0.25) is 0 Å². The maximum Gasteiger partial charge on any atom is 0.408 e. The molecule has 124 valence electrons. The van der Waals surface area contributed by atoms with Crippen molar-refractivity contribution in [2.45, 2.75) is 38.8 Å². The third kappa shape index (κ3) is 5.87. The van der Waals surface area contributed by atoms with Crippen LogP contribution >= 0.6 is 0 Å². The highest BCUT2D eigenvalue weighted by Crippen LogP contribution is 2.17. The molecule has 0 aromatic heterocycles. The smallest absolute Gasteiger partial charge is 0.408 e. The molecule has 0 radical (unpaired) electrons. The third-order valence-electron chi connectivity index (χ3n) is 2.88. The highest BCUT2D eigenvalue weighted by atomic mass is 16.6. The first kappa shape index (κ1) is 18.3. The fraction of sp³-hybridized carbons (Fsp3) is 0.438. The van der Waals surface area contributed by atoms with Crippen LogP contribution in [0.25, 0.3) is 0 Å². The average molecular weight is 319 g/mol. The number of hydrogen-bond donors (Lipinski definition) is 2. The van der Waals surface area contributed by atoms with Crippen LogP contribution in [-0.4, -0.2) is 30.8 Å². The highest BCUT2D eigenvalue weighted by molar-refractivity contribution is 5.82. The number of methoxy groups -OCH3 is 1. The number of nitriles is 1. The van der Waals surface area contributed by atoms with E-state index in [4.69, 9.17) is 20.5 Å². The van der Waals surface area contributed by atoms with Crippen molar-refractivity contribution in [1.29, 1.82) is 5.26 Å². The molecule has 0 aliphatic carbocycles. The number of anilines is 1. The molecular formula is C16H21N3O4. The maximum absolute atomic E-state index is 11.9. The minimum absolute atomic E-state index is 0.128. The van der Waals surface area contributed by atoms with Gasteiger partial charge < -0.3 is 20.5 Å². The SMILES string of the molecule is COC(=O)[C@@H](Cc1ccc(C#N)cc1N)NC(=O)OC(C)(C)C. The number of carbonyl (C=O) groups is 2. The summed E-state index contributed by atoms with van der Waals surface area (Å²) in [4.78, 5) is 23.7. The second-order valence-electron chi connectivity index (χ2n) is 5.95. The number of esters is 1. The zero-order chi connectivity index (χ0) is 17.6. The lowest BCUT2D eigenvalue weighted by Gasteiger charge is -2.23. The average Bonchev–Trinajstić information content (AvgIpc) is 2.45. The van der Waals surface area contributed by atoms with Crippen LogP contribution in [0.5, 0.6) is 0 Å². The summed E-state index contributed by atoms with van der Waals surface area (Å²) in [5, 5.41) is 11.3. The Morgan fingerprint density at radius 2 is 2.04 bits per heavy atom. The first-order chi connectivity index (χ1) is 10.7. The first-order valence-electron chi connectivity index (χ1n) is 7.02. The van der Waals surface area contributed by atoms with Crippen molar-refractivity contribution in [3.63, 3.8) is 0 Å². The van der Waals surface area contributed by atoms with Gasteiger partial charge in [0.2, 0.25) is 0 Å². The van der Waals surface area contributed by atoms with E-state index >= 15 is 0 Å². The summed E-state index contributed by atoms with van der Waals surface area (Å²) in [7, 11) is 1.23. The fourth-order valence-electron chi connectivity index (χ4n) is 1.86. The summed E-state index contributed by atoms with van der Waals surface area (Å²) in [5.74, 6) is -0.611. The van der Waals surface area contributed by atoms with Crippen LogP contribution in [0.15, 0.2) is 18.2 Å². The van der Waals surface area contributed by atoms with E-state index in [9.17, 15) is 9.59 Å². The Kier molecular flexibility index (Phi) is 5.96. The number of benzene rings is 1. The number of rotatable bonds is 4. The quantitative estimate of drug-likeness (QED) is 0.645. The molecular weight excluding hydrogens is 298 g/mol. The molecule has 0 aliphatic rings. The van der Waals surface area contributed by atoms with Crippen LogP contribution < -0.4 is 11.1 Å². The van der Waals surface area contributed by atoms with Crippen LogP contribution in [-0.2, 0) is 20.7 Å². The van der Waals surface area contributed by atoms with Crippen molar-refractivity contribution in [2.75, 3.05) is 12.8 Å². The van der Waals surface area contributed by atoms with Crippen LogP contribution in [0.3, 0.4) is 0 Å². The summed E-state index contributed by atoms with van der Waals surface area (Å²) in [6.07, 6.45) is -0.594. The van der Waals surface area contributed by atoms with Gasteiger partial charge in [0.15, 0.2) is 0 Å². The number of nitrogens with zero attached hydrogens (tertiary/aromatic N) is 1. The summed E-state index contributed by atoms with van der Waals surface area (Å²) >= 11 is 0. The molecule has 0 aliphatic heterocycles. The van der Waals surface area contributed by atoms with Crippen LogP contribution in [0.4, 0.5) is 10.5 Å². The molecule has 0 bridgehead atoms. The van der Waals surface area contributed by atoms with Gasteiger partial charge in [-0.15, -0.1) is 0 Å². The van der Waals surface area contributed by atoms with E-state index < -0.39 is 23.7 Å². The van der Waals surface area contributed by atoms with Crippen LogP contribution in [0.1, 0.15) is 31.9 Å². The van der Waals surface area contributed by atoms with E-state index in [1.165, 1.54) is 13.2 Å². The van der Waals surface area contributed by atoms with Crippen LogP contribution in [0, 0.1) is 11.3 Å². The lowest BCUT2D eigenvalue weighted by Crippen LogP contribution is -2.45. The maximum atomic E-state index is 11.9. The van der Waals surface area contributed by atoms with Gasteiger partial charge in [0.05, 0.1) is 18.7 Å². The summed E-state index contributed by atoms with van der Waals surface area (Å²) < 4.78 is 9.83. The predicted octanol–water partition coefficient (Wildman–Crippen LogP) is 1.75. The zero-order valence-corrected chi connectivity index (χ0v) is 13.7. The summed E-state index contributed by atoms with van der Waals surface area (Å²) in [6.45, 7) is 5.16. The number of nitrogens with two attached hydrogens (primary N) is 1. The molecule has 0 spiro atoms. The monoisotopic (exact) mass is 319 g/mol. The zero-order valence-electron chi connectivity index (χ0n) is 13.7. The van der Waals surface area contributed by atoms with Gasteiger partial charge in [0.25, 0.3) is 0 Å². The highest BCUT2D eigenvalue weighted by Gasteiger charge is 2.25. The lowest BCUT2D eigenvalue weighted by atomic mass is 10.0. The Labute approximate surface area is 135 Å². The van der Waals surface area contributed by atoms with E-state index in [0.717, 1.165) is 0 Å². The topological polar surface area (TPSA) is 114 Å². The second kappa shape index (κ2) is 7.49. The molecule has 0 saturated carbocycles. The lowest BCUT2D eigenvalue weighted by molar-refractivity contribution is -0.143. The fourth-order valence-corrected chi connectivity index (χ4v) is 1.86. The van der Waals surface area contributed by atoms with Gasteiger partial charge in [0, 0.05) is 12.1 Å². The van der Waals surface area contributed by atoms with Crippen molar-refractivity contribution in [1.82, 2.24) is 5.32 Å². The Morgan fingerprint density at radius 1 is 1.39 bits per heavy atom. The molecule has 0 heterocycles. The van der Waals surface area contributed by atoms with E-state index in [1.54, 1.807) is 32.9 Å². The second-order valence-corrected chi connectivity index (χ2v) is 5.95. The Balaban J connectivity index is 2.90. The largest absolute Gasteiger partial charge is 0.467 e. The number of nitrogen functional groups attached to an aromatic ring is 1. The molecule has 0 unspecified atom stereocenters. The van der Waals surface area contributed by atoms with Gasteiger partial charge in [-0.25, -0.2) is 9.59 Å². The molecule has 3 N–H and O–H groups in total. The number of alkyl carbamates (subject to hydrolysis) is 1. The van der Waals surface area contributed by atoms with Gasteiger partial charge in [0.1, 0.15) is 11.6 Å². The Hall–Kier alpha value is -2.75. The molecule has 0 saturated heterocycles. The summed E-state index contributed by atoms with van der Waals surface area (Å²) in [5.41, 5.74) is 6.59. The number of amides is 1. The van der Waals surface area contributed by atoms with Gasteiger partial charge in [-0.05, 0) is 38.5 Å². The predicted molar refractivity (Wildman–Crippen MR) is 84.4 cm³/mol.